The lowest BCUT2D eigenvalue weighted by Gasteiger charge is -2.32. The third-order valence-electron chi connectivity index (χ3n) is 4.96. The van der Waals surface area contributed by atoms with E-state index < -0.39 is 11.9 Å². The fourth-order valence-corrected chi connectivity index (χ4v) is 5.01. The molecule has 3 rings (SSSR count). The van der Waals surface area contributed by atoms with E-state index in [9.17, 15) is 9.59 Å². The molecule has 4 nitrogen and oxygen atoms in total. The highest BCUT2D eigenvalue weighted by Crippen LogP contribution is 2.36. The second-order valence-electron chi connectivity index (χ2n) is 6.75. The van der Waals surface area contributed by atoms with Crippen molar-refractivity contribution in [3.8, 4) is 12.3 Å². The Morgan fingerprint density at radius 3 is 2.61 bits per heavy atom. The quantitative estimate of drug-likeness (QED) is 0.556. The smallest absolute Gasteiger partial charge is 0.303 e. The van der Waals surface area contributed by atoms with Gasteiger partial charge in [0, 0.05) is 15.8 Å². The number of nitrogens with one attached hydrogen (secondary N) is 1. The van der Waals surface area contributed by atoms with Gasteiger partial charge < -0.3 is 5.32 Å². The summed E-state index contributed by atoms with van der Waals surface area (Å²) in [5, 5.41) is 5.08. The molecule has 1 aromatic carbocycles. The Hall–Kier alpha value is -2.23. The van der Waals surface area contributed by atoms with Gasteiger partial charge in [0.05, 0.1) is 5.69 Å². The predicted octanol–water partition coefficient (Wildman–Crippen LogP) is 4.63. The second kappa shape index (κ2) is 9.81. The van der Waals surface area contributed by atoms with Gasteiger partial charge in [-0.05, 0) is 48.6 Å². The van der Waals surface area contributed by atoms with Crippen LogP contribution in [-0.2, 0) is 9.59 Å². The highest BCUT2D eigenvalue weighted by Gasteiger charge is 2.35. The van der Waals surface area contributed by atoms with Crippen LogP contribution in [0.15, 0.2) is 46.7 Å². The zero-order valence-electron chi connectivity index (χ0n) is 15.9. The molecule has 1 saturated carbocycles. The number of nitrogens with zero attached hydrogens (tertiary/aromatic N) is 1. The Labute approximate surface area is 174 Å². The summed E-state index contributed by atoms with van der Waals surface area (Å²) in [4.78, 5) is 29.4. The Kier molecular flexibility index (Phi) is 7.18. The molecule has 0 aliphatic heterocycles. The SMILES string of the molecule is C#CC(=O)N(c1ccccc1SC)C(C(=O)NC1CCCCC1)c1cccs1. The van der Waals surface area contributed by atoms with E-state index in [4.69, 9.17) is 6.42 Å². The van der Waals surface area contributed by atoms with Crippen molar-refractivity contribution < 1.29 is 9.59 Å². The summed E-state index contributed by atoms with van der Waals surface area (Å²) in [6.45, 7) is 0. The molecule has 1 aliphatic rings. The average Bonchev–Trinajstić information content (AvgIpc) is 3.26. The predicted molar refractivity (Wildman–Crippen MR) is 117 cm³/mol. The number of amides is 2. The fraction of sp³-hybridized carbons (Fsp3) is 0.364. The lowest BCUT2D eigenvalue weighted by Crippen LogP contribution is -2.47. The molecular weight excluding hydrogens is 388 g/mol. The number of anilines is 1. The molecule has 1 atom stereocenters. The number of carbonyl (C=O) groups excluding carboxylic acids is 2. The van der Waals surface area contributed by atoms with Gasteiger partial charge in [0.2, 0.25) is 5.91 Å². The van der Waals surface area contributed by atoms with E-state index in [2.05, 4.69) is 11.2 Å². The summed E-state index contributed by atoms with van der Waals surface area (Å²) in [7, 11) is 0. The third-order valence-corrected chi connectivity index (χ3v) is 6.67. The van der Waals surface area contributed by atoms with E-state index in [1.54, 1.807) is 0 Å². The normalized spacial score (nSPS) is 15.4. The average molecular weight is 413 g/mol. The van der Waals surface area contributed by atoms with Crippen molar-refractivity contribution >= 4 is 40.6 Å². The number of thioether (sulfide) groups is 1. The maximum atomic E-state index is 13.4. The van der Waals surface area contributed by atoms with Crippen molar-refractivity contribution in [1.82, 2.24) is 5.32 Å². The molecule has 28 heavy (non-hydrogen) atoms. The first kappa shape index (κ1) is 20.5. The van der Waals surface area contributed by atoms with Gasteiger partial charge in [-0.2, -0.15) is 0 Å². The zero-order valence-corrected chi connectivity index (χ0v) is 17.5. The molecule has 2 aromatic rings. The molecule has 2 amide bonds. The zero-order chi connectivity index (χ0) is 19.9. The van der Waals surface area contributed by atoms with Gasteiger partial charge in [-0.15, -0.1) is 29.5 Å². The van der Waals surface area contributed by atoms with Crippen LogP contribution < -0.4 is 10.2 Å². The first-order valence-corrected chi connectivity index (χ1v) is 11.5. The van der Waals surface area contributed by atoms with Gasteiger partial charge in [-0.25, -0.2) is 0 Å². The fourth-order valence-electron chi connectivity index (χ4n) is 3.61. The number of hydrogen-bond donors (Lipinski definition) is 1. The first-order chi connectivity index (χ1) is 13.7. The van der Waals surface area contributed by atoms with Crippen LogP contribution in [0.1, 0.15) is 43.0 Å². The van der Waals surface area contributed by atoms with Crippen molar-refractivity contribution in [1.29, 1.82) is 0 Å². The van der Waals surface area contributed by atoms with E-state index in [1.165, 1.54) is 34.4 Å². The summed E-state index contributed by atoms with van der Waals surface area (Å²) in [5.41, 5.74) is 0.662. The monoisotopic (exact) mass is 412 g/mol. The van der Waals surface area contributed by atoms with E-state index in [-0.39, 0.29) is 11.9 Å². The van der Waals surface area contributed by atoms with Gasteiger partial charge in [-0.1, -0.05) is 37.5 Å². The highest BCUT2D eigenvalue weighted by atomic mass is 32.2. The third kappa shape index (κ3) is 4.60. The summed E-state index contributed by atoms with van der Waals surface area (Å²) in [6, 6.07) is 10.7. The lowest BCUT2D eigenvalue weighted by molar-refractivity contribution is -0.125. The Morgan fingerprint density at radius 1 is 1.21 bits per heavy atom. The van der Waals surface area contributed by atoms with Crippen LogP contribution in [0.4, 0.5) is 5.69 Å². The number of carbonyl (C=O) groups is 2. The molecule has 146 valence electrons. The first-order valence-electron chi connectivity index (χ1n) is 9.42. The lowest BCUT2D eigenvalue weighted by atomic mass is 9.95. The van der Waals surface area contributed by atoms with E-state index in [1.807, 2.05) is 48.0 Å². The van der Waals surface area contributed by atoms with Crippen LogP contribution in [-0.4, -0.2) is 24.1 Å². The molecule has 1 unspecified atom stereocenters. The number of para-hydroxylation sites is 1. The van der Waals surface area contributed by atoms with Gasteiger partial charge in [0.25, 0.3) is 0 Å². The molecular formula is C22H24N2O2S2. The Bertz CT molecular complexity index is 852. The van der Waals surface area contributed by atoms with Crippen molar-refractivity contribution in [2.45, 2.75) is 49.1 Å². The summed E-state index contributed by atoms with van der Waals surface area (Å²) < 4.78 is 0. The summed E-state index contributed by atoms with van der Waals surface area (Å²) >= 11 is 2.98. The maximum Gasteiger partial charge on any atom is 0.303 e. The molecule has 0 saturated heterocycles. The van der Waals surface area contributed by atoms with E-state index >= 15 is 0 Å². The van der Waals surface area contributed by atoms with Crippen LogP contribution in [0.2, 0.25) is 0 Å². The second-order valence-corrected chi connectivity index (χ2v) is 8.58. The van der Waals surface area contributed by atoms with Crippen molar-refractivity contribution in [3.05, 3.63) is 46.7 Å². The minimum Gasteiger partial charge on any atom is -0.351 e. The molecule has 0 bridgehead atoms. The summed E-state index contributed by atoms with van der Waals surface area (Å²) in [5.74, 6) is 1.53. The molecule has 0 spiro atoms. The van der Waals surface area contributed by atoms with Crippen LogP contribution in [0.25, 0.3) is 0 Å². The van der Waals surface area contributed by atoms with Crippen molar-refractivity contribution in [2.75, 3.05) is 11.2 Å². The number of hydrogen-bond acceptors (Lipinski definition) is 4. The number of terminal acetylenes is 1. The van der Waals surface area contributed by atoms with Crippen LogP contribution >= 0.6 is 23.1 Å². The van der Waals surface area contributed by atoms with E-state index in [0.29, 0.717) is 5.69 Å². The van der Waals surface area contributed by atoms with Crippen LogP contribution in [0, 0.1) is 12.3 Å². The topological polar surface area (TPSA) is 49.4 Å². The maximum absolute atomic E-state index is 13.4. The Morgan fingerprint density at radius 2 is 1.96 bits per heavy atom. The molecule has 1 heterocycles. The van der Waals surface area contributed by atoms with Crippen molar-refractivity contribution in [3.63, 3.8) is 0 Å². The minimum absolute atomic E-state index is 0.155. The molecule has 1 aliphatic carbocycles. The highest BCUT2D eigenvalue weighted by molar-refractivity contribution is 7.98. The van der Waals surface area contributed by atoms with E-state index in [0.717, 1.165) is 35.5 Å². The minimum atomic E-state index is -0.779. The molecule has 1 aromatic heterocycles. The molecule has 0 radical (unpaired) electrons. The number of thiophene rings is 1. The van der Waals surface area contributed by atoms with Crippen LogP contribution in [0.5, 0.6) is 0 Å². The van der Waals surface area contributed by atoms with Gasteiger partial charge >= 0.3 is 5.91 Å². The molecule has 1 fully saturated rings. The number of rotatable bonds is 6. The van der Waals surface area contributed by atoms with Crippen molar-refractivity contribution in [2.24, 2.45) is 0 Å². The number of benzene rings is 1. The molecule has 1 N–H and O–H groups in total. The van der Waals surface area contributed by atoms with Gasteiger partial charge in [-0.3, -0.25) is 14.5 Å². The standard InChI is InChI=1S/C22H24N2O2S2/c1-3-20(25)24(17-12-7-8-13-18(17)27-2)21(19-14-9-15-28-19)22(26)23-16-10-5-4-6-11-16/h1,7-9,12-16,21H,4-6,10-11H2,2H3,(H,23,26). The van der Waals surface area contributed by atoms with Crippen LogP contribution in [0.3, 0.4) is 0 Å². The summed E-state index contributed by atoms with van der Waals surface area (Å²) in [6.07, 6.45) is 12.9. The Balaban J connectivity index is 2.01. The van der Waals surface area contributed by atoms with Gasteiger partial charge in [0.1, 0.15) is 0 Å². The van der Waals surface area contributed by atoms with Gasteiger partial charge in [0.15, 0.2) is 6.04 Å². The molecule has 6 heteroatoms. The largest absolute Gasteiger partial charge is 0.351 e.